The van der Waals surface area contributed by atoms with E-state index in [1.807, 2.05) is 32.9 Å². The lowest BCUT2D eigenvalue weighted by Crippen LogP contribution is -2.18. The summed E-state index contributed by atoms with van der Waals surface area (Å²) >= 11 is 6.25. The molecule has 7 heteroatoms. The highest BCUT2D eigenvalue weighted by Gasteiger charge is 2.17. The van der Waals surface area contributed by atoms with Crippen molar-refractivity contribution in [2.45, 2.75) is 33.6 Å². The minimum atomic E-state index is -0.653. The van der Waals surface area contributed by atoms with E-state index >= 15 is 0 Å². The summed E-state index contributed by atoms with van der Waals surface area (Å²) in [6.45, 7) is 6.11. The maximum atomic E-state index is 12.6. The van der Waals surface area contributed by atoms with E-state index in [0.717, 1.165) is 24.0 Å². The van der Waals surface area contributed by atoms with Crippen molar-refractivity contribution < 1.29 is 14.3 Å². The number of nitriles is 1. The van der Waals surface area contributed by atoms with Crippen molar-refractivity contribution in [3.05, 3.63) is 69.9 Å². The van der Waals surface area contributed by atoms with E-state index in [9.17, 15) is 14.9 Å². The number of carbonyl (C=O) groups excluding carboxylic acids is 2. The molecular formula is C23H24ClN3O3. The van der Waals surface area contributed by atoms with Crippen LogP contribution in [0.1, 0.15) is 41.3 Å². The van der Waals surface area contributed by atoms with Crippen molar-refractivity contribution >= 4 is 34.9 Å². The van der Waals surface area contributed by atoms with Crippen LogP contribution in [-0.2, 0) is 9.53 Å². The molecule has 30 heavy (non-hydrogen) atoms. The van der Waals surface area contributed by atoms with E-state index in [4.69, 9.17) is 16.3 Å². The summed E-state index contributed by atoms with van der Waals surface area (Å²) in [5, 5.41) is 15.4. The van der Waals surface area contributed by atoms with Gasteiger partial charge in [0.25, 0.3) is 5.91 Å². The highest BCUT2D eigenvalue weighted by atomic mass is 35.5. The Morgan fingerprint density at radius 3 is 2.63 bits per heavy atom. The lowest BCUT2D eigenvalue weighted by Gasteiger charge is -2.12. The van der Waals surface area contributed by atoms with Gasteiger partial charge in [0.2, 0.25) is 0 Å². The van der Waals surface area contributed by atoms with E-state index in [0.29, 0.717) is 17.3 Å². The molecule has 0 saturated carbocycles. The number of anilines is 2. The minimum absolute atomic E-state index is 0.166. The largest absolute Gasteiger partial charge is 0.462 e. The molecule has 0 aliphatic heterocycles. The summed E-state index contributed by atoms with van der Waals surface area (Å²) in [4.78, 5) is 24.9. The first kappa shape index (κ1) is 23.0. The van der Waals surface area contributed by atoms with Gasteiger partial charge in [-0.15, -0.1) is 0 Å². The molecule has 0 aromatic heterocycles. The zero-order chi connectivity index (χ0) is 22.1. The monoisotopic (exact) mass is 425 g/mol. The van der Waals surface area contributed by atoms with Crippen LogP contribution in [0.15, 0.2) is 48.2 Å². The lowest BCUT2D eigenvalue weighted by molar-refractivity contribution is -0.112. The number of nitrogens with one attached hydrogen (secondary N) is 2. The Balaban J connectivity index is 2.17. The third-order valence-electron chi connectivity index (χ3n) is 4.28. The number of amides is 1. The molecule has 2 rings (SSSR count). The van der Waals surface area contributed by atoms with Crippen molar-refractivity contribution in [3.63, 3.8) is 0 Å². The van der Waals surface area contributed by atoms with Gasteiger partial charge < -0.3 is 15.4 Å². The lowest BCUT2D eigenvalue weighted by atomic mass is 10.1. The molecule has 2 aromatic rings. The number of halogens is 1. The van der Waals surface area contributed by atoms with Crippen LogP contribution < -0.4 is 10.6 Å². The Morgan fingerprint density at radius 2 is 1.97 bits per heavy atom. The second-order valence-corrected chi connectivity index (χ2v) is 7.15. The molecule has 2 N–H and O–H groups in total. The number of esters is 1. The highest BCUT2D eigenvalue weighted by molar-refractivity contribution is 6.33. The molecule has 0 spiro atoms. The van der Waals surface area contributed by atoms with E-state index < -0.39 is 11.9 Å². The molecule has 2 aromatic carbocycles. The Labute approximate surface area is 181 Å². The summed E-state index contributed by atoms with van der Waals surface area (Å²) in [6.07, 6.45) is 2.95. The first-order valence-electron chi connectivity index (χ1n) is 9.58. The number of rotatable bonds is 8. The number of unbranched alkanes of at least 4 members (excludes halogenated alkanes) is 1. The molecule has 6 nitrogen and oxygen atoms in total. The van der Waals surface area contributed by atoms with Crippen LogP contribution in [0.25, 0.3) is 0 Å². The first-order chi connectivity index (χ1) is 14.4. The van der Waals surface area contributed by atoms with Crippen LogP contribution >= 0.6 is 11.6 Å². The number of ether oxygens (including phenoxy) is 1. The molecule has 0 radical (unpaired) electrons. The van der Waals surface area contributed by atoms with Gasteiger partial charge in [-0.25, -0.2) is 4.79 Å². The van der Waals surface area contributed by atoms with Gasteiger partial charge in [0.15, 0.2) is 0 Å². The van der Waals surface area contributed by atoms with Gasteiger partial charge in [-0.2, -0.15) is 5.26 Å². The molecule has 0 aliphatic carbocycles. The van der Waals surface area contributed by atoms with Crippen molar-refractivity contribution in [2.24, 2.45) is 0 Å². The van der Waals surface area contributed by atoms with Gasteiger partial charge >= 0.3 is 5.97 Å². The van der Waals surface area contributed by atoms with Gasteiger partial charge in [-0.3, -0.25) is 4.79 Å². The van der Waals surface area contributed by atoms with E-state index in [1.165, 1.54) is 6.20 Å². The molecule has 0 bridgehead atoms. The molecule has 0 heterocycles. The highest BCUT2D eigenvalue weighted by Crippen LogP contribution is 2.27. The summed E-state index contributed by atoms with van der Waals surface area (Å²) in [5.74, 6) is -1.18. The van der Waals surface area contributed by atoms with E-state index in [2.05, 4.69) is 10.6 Å². The summed E-state index contributed by atoms with van der Waals surface area (Å²) in [7, 11) is 0. The molecule has 0 fully saturated rings. The molecule has 0 atom stereocenters. The van der Waals surface area contributed by atoms with Crippen molar-refractivity contribution in [1.82, 2.24) is 0 Å². The van der Waals surface area contributed by atoms with Crippen LogP contribution in [-0.4, -0.2) is 18.5 Å². The number of aryl methyl sites for hydroxylation is 2. The summed E-state index contributed by atoms with van der Waals surface area (Å²) < 4.78 is 5.22. The zero-order valence-corrected chi connectivity index (χ0v) is 18.0. The van der Waals surface area contributed by atoms with Gasteiger partial charge in [-0.1, -0.05) is 43.1 Å². The predicted molar refractivity (Wildman–Crippen MR) is 119 cm³/mol. The summed E-state index contributed by atoms with van der Waals surface area (Å²) in [6, 6.07) is 12.1. The van der Waals surface area contributed by atoms with E-state index in [-0.39, 0.29) is 16.8 Å². The number of para-hydroxylation sites is 1. The Kier molecular flexibility index (Phi) is 8.45. The predicted octanol–water partition coefficient (Wildman–Crippen LogP) is 5.37. The fourth-order valence-corrected chi connectivity index (χ4v) is 3.11. The second-order valence-electron chi connectivity index (χ2n) is 6.74. The van der Waals surface area contributed by atoms with Gasteiger partial charge in [0, 0.05) is 6.20 Å². The zero-order valence-electron chi connectivity index (χ0n) is 17.2. The maximum Gasteiger partial charge on any atom is 0.340 e. The molecule has 156 valence electrons. The van der Waals surface area contributed by atoms with Crippen LogP contribution in [0, 0.1) is 25.2 Å². The SMILES string of the molecule is CCCCOC(=O)c1ccccc1NC(=O)/C(C#N)=C\Nc1c(C)cc(C)cc1Cl. The van der Waals surface area contributed by atoms with Gasteiger partial charge in [-0.05, 0) is 49.6 Å². The topological polar surface area (TPSA) is 91.2 Å². The van der Waals surface area contributed by atoms with Gasteiger partial charge in [0.05, 0.1) is 28.6 Å². The third-order valence-corrected chi connectivity index (χ3v) is 4.58. The normalized spacial score (nSPS) is 10.8. The standard InChI is InChI=1S/C23H24ClN3O3/c1-4-5-10-30-23(29)18-8-6-7-9-20(18)27-22(28)17(13-25)14-26-21-16(3)11-15(2)12-19(21)24/h6-9,11-12,14,26H,4-5,10H2,1-3H3,(H,27,28)/b17-14-. The number of benzene rings is 2. The number of hydrogen-bond donors (Lipinski definition) is 2. The van der Waals surface area contributed by atoms with Gasteiger partial charge in [0.1, 0.15) is 11.6 Å². The van der Waals surface area contributed by atoms with Crippen molar-refractivity contribution in [2.75, 3.05) is 17.2 Å². The minimum Gasteiger partial charge on any atom is -0.462 e. The van der Waals surface area contributed by atoms with Crippen LogP contribution in [0.4, 0.5) is 11.4 Å². The van der Waals surface area contributed by atoms with E-state index in [1.54, 1.807) is 30.3 Å². The number of nitrogens with zero attached hydrogens (tertiary/aromatic N) is 1. The molecule has 0 aliphatic rings. The smallest absolute Gasteiger partial charge is 0.340 e. The van der Waals surface area contributed by atoms with Crippen LogP contribution in [0.2, 0.25) is 5.02 Å². The fraction of sp³-hybridized carbons (Fsp3) is 0.261. The molecular weight excluding hydrogens is 402 g/mol. The van der Waals surface area contributed by atoms with Crippen LogP contribution in [0.3, 0.4) is 0 Å². The first-order valence-corrected chi connectivity index (χ1v) is 9.96. The average molecular weight is 426 g/mol. The fourth-order valence-electron chi connectivity index (χ4n) is 2.74. The molecule has 0 unspecified atom stereocenters. The van der Waals surface area contributed by atoms with Crippen molar-refractivity contribution in [3.8, 4) is 6.07 Å². The second kappa shape index (κ2) is 11.0. The Bertz CT molecular complexity index is 986. The number of carbonyl (C=O) groups is 2. The average Bonchev–Trinajstić information content (AvgIpc) is 2.70. The molecule has 1 amide bonds. The third kappa shape index (κ3) is 6.10. The number of hydrogen-bond acceptors (Lipinski definition) is 5. The van der Waals surface area contributed by atoms with Crippen LogP contribution in [0.5, 0.6) is 0 Å². The summed E-state index contributed by atoms with van der Waals surface area (Å²) in [5.41, 5.74) is 2.84. The molecule has 0 saturated heterocycles. The Morgan fingerprint density at radius 1 is 1.23 bits per heavy atom. The quantitative estimate of drug-likeness (QED) is 0.256. The maximum absolute atomic E-state index is 12.6. The Hall–Kier alpha value is -3.30. The van der Waals surface area contributed by atoms with Crippen molar-refractivity contribution in [1.29, 1.82) is 5.26 Å².